The molecule has 0 amide bonds. The zero-order chi connectivity index (χ0) is 22.8. The van der Waals surface area contributed by atoms with Crippen LogP contribution in [0.2, 0.25) is 0 Å². The molecule has 0 aliphatic carbocycles. The number of aromatic nitrogens is 2. The summed E-state index contributed by atoms with van der Waals surface area (Å²) in [5.74, 6) is 0.825. The minimum atomic E-state index is 0.101. The normalized spacial score (nSPS) is 12.3. The van der Waals surface area contributed by atoms with E-state index in [-0.39, 0.29) is 12.0 Å². The summed E-state index contributed by atoms with van der Waals surface area (Å²) in [5, 5.41) is 16.3. The van der Waals surface area contributed by atoms with Gasteiger partial charge in [-0.3, -0.25) is 0 Å². The van der Waals surface area contributed by atoms with Crippen LogP contribution in [0.3, 0.4) is 0 Å². The van der Waals surface area contributed by atoms with Gasteiger partial charge in [0.15, 0.2) is 5.96 Å². The summed E-state index contributed by atoms with van der Waals surface area (Å²) in [6.07, 6.45) is 4.77. The Bertz CT molecular complexity index is 989. The van der Waals surface area contributed by atoms with Crippen LogP contribution in [0.4, 0.5) is 0 Å². The SMILES string of the molecule is CCNC(=NCc1ccc(Cn2cnc3ccccc32)cc1)NCC(CC)(CC)CCO. The highest BCUT2D eigenvalue weighted by Crippen LogP contribution is 2.29. The van der Waals surface area contributed by atoms with Gasteiger partial charge >= 0.3 is 0 Å². The molecule has 0 atom stereocenters. The van der Waals surface area contributed by atoms with Gasteiger partial charge < -0.3 is 20.3 Å². The maximum Gasteiger partial charge on any atom is 0.191 e. The first kappa shape index (κ1) is 23.8. The van der Waals surface area contributed by atoms with Crippen LogP contribution < -0.4 is 10.6 Å². The average Bonchev–Trinajstić information content (AvgIpc) is 3.24. The predicted octanol–water partition coefficient (Wildman–Crippen LogP) is 4.33. The van der Waals surface area contributed by atoms with Gasteiger partial charge in [-0.25, -0.2) is 9.98 Å². The number of guanidine groups is 1. The highest BCUT2D eigenvalue weighted by Gasteiger charge is 2.25. The van der Waals surface area contributed by atoms with E-state index in [0.717, 1.165) is 55.9 Å². The first-order valence-electron chi connectivity index (χ1n) is 11.7. The van der Waals surface area contributed by atoms with Crippen molar-refractivity contribution in [2.24, 2.45) is 10.4 Å². The first-order valence-corrected chi connectivity index (χ1v) is 11.7. The summed E-state index contributed by atoms with van der Waals surface area (Å²) in [6, 6.07) is 16.8. The molecular formula is C26H37N5O. The van der Waals surface area contributed by atoms with Crippen molar-refractivity contribution < 1.29 is 5.11 Å². The number of aliphatic hydroxyl groups is 1. The van der Waals surface area contributed by atoms with E-state index in [1.54, 1.807) is 0 Å². The third-order valence-corrected chi connectivity index (χ3v) is 6.44. The molecule has 1 aromatic heterocycles. The van der Waals surface area contributed by atoms with Gasteiger partial charge in [0.25, 0.3) is 0 Å². The molecular weight excluding hydrogens is 398 g/mol. The lowest BCUT2D eigenvalue weighted by Crippen LogP contribution is -2.43. The third-order valence-electron chi connectivity index (χ3n) is 6.44. The summed E-state index contributed by atoms with van der Waals surface area (Å²) < 4.78 is 2.18. The molecule has 3 aromatic rings. The number of para-hydroxylation sites is 2. The number of rotatable bonds is 11. The lowest BCUT2D eigenvalue weighted by atomic mass is 9.79. The number of hydrogen-bond donors (Lipinski definition) is 3. The van der Waals surface area contributed by atoms with Gasteiger partial charge in [0.2, 0.25) is 0 Å². The fourth-order valence-corrected chi connectivity index (χ4v) is 4.05. The smallest absolute Gasteiger partial charge is 0.191 e. The van der Waals surface area contributed by atoms with Crippen LogP contribution in [0, 0.1) is 5.41 Å². The quantitative estimate of drug-likeness (QED) is 0.310. The molecule has 1 heterocycles. The Balaban J connectivity index is 1.62. The predicted molar refractivity (Wildman–Crippen MR) is 133 cm³/mol. The van der Waals surface area contributed by atoms with E-state index in [9.17, 15) is 5.11 Å². The van der Waals surface area contributed by atoms with Crippen LogP contribution in [0.15, 0.2) is 59.9 Å². The van der Waals surface area contributed by atoms with Crippen molar-refractivity contribution in [2.75, 3.05) is 19.7 Å². The fraction of sp³-hybridized carbons (Fsp3) is 0.462. The van der Waals surface area contributed by atoms with Crippen molar-refractivity contribution in [1.29, 1.82) is 0 Å². The molecule has 0 fully saturated rings. The number of aliphatic imine (C=N–C) groups is 1. The minimum Gasteiger partial charge on any atom is -0.396 e. The molecule has 0 radical (unpaired) electrons. The monoisotopic (exact) mass is 435 g/mol. The number of nitrogens with one attached hydrogen (secondary N) is 2. The van der Waals surface area contributed by atoms with E-state index in [2.05, 4.69) is 71.3 Å². The standard InChI is InChI=1S/C26H37N5O/c1-4-26(5-2,15-16-32)19-29-25(27-6-3)28-17-21-11-13-22(14-12-21)18-31-20-30-23-9-7-8-10-24(23)31/h7-14,20,32H,4-6,15-19H2,1-3H3,(H2,27,28,29). The van der Waals surface area contributed by atoms with E-state index < -0.39 is 0 Å². The van der Waals surface area contributed by atoms with Crippen molar-refractivity contribution in [2.45, 2.75) is 53.1 Å². The summed E-state index contributed by atoms with van der Waals surface area (Å²) >= 11 is 0. The van der Waals surface area contributed by atoms with E-state index in [1.165, 1.54) is 11.1 Å². The molecule has 0 bridgehead atoms. The van der Waals surface area contributed by atoms with E-state index in [0.29, 0.717) is 6.54 Å². The Labute approximate surface area is 191 Å². The molecule has 0 aliphatic heterocycles. The van der Waals surface area contributed by atoms with Gasteiger partial charge in [-0.15, -0.1) is 0 Å². The van der Waals surface area contributed by atoms with Gasteiger partial charge in [0, 0.05) is 26.2 Å². The van der Waals surface area contributed by atoms with Crippen molar-refractivity contribution in [3.05, 3.63) is 66.0 Å². The van der Waals surface area contributed by atoms with Gasteiger partial charge in [-0.2, -0.15) is 0 Å². The van der Waals surface area contributed by atoms with E-state index in [1.807, 2.05) is 24.5 Å². The highest BCUT2D eigenvalue weighted by atomic mass is 16.3. The largest absolute Gasteiger partial charge is 0.396 e. The number of benzene rings is 2. The molecule has 32 heavy (non-hydrogen) atoms. The molecule has 0 saturated carbocycles. The zero-order valence-electron chi connectivity index (χ0n) is 19.6. The van der Waals surface area contributed by atoms with Gasteiger partial charge in [0.1, 0.15) is 0 Å². The van der Waals surface area contributed by atoms with E-state index in [4.69, 9.17) is 4.99 Å². The van der Waals surface area contributed by atoms with Crippen LogP contribution in [0.5, 0.6) is 0 Å². The molecule has 3 rings (SSSR count). The number of fused-ring (bicyclic) bond motifs is 1. The Hall–Kier alpha value is -2.86. The first-order chi connectivity index (χ1) is 15.6. The third kappa shape index (κ3) is 6.10. The summed E-state index contributed by atoms with van der Waals surface area (Å²) in [6.45, 7) is 9.73. The topological polar surface area (TPSA) is 74.5 Å². The van der Waals surface area contributed by atoms with Crippen molar-refractivity contribution in [1.82, 2.24) is 20.2 Å². The molecule has 0 saturated heterocycles. The lowest BCUT2D eigenvalue weighted by Gasteiger charge is -2.32. The van der Waals surface area contributed by atoms with Crippen LogP contribution in [0.1, 0.15) is 51.2 Å². The minimum absolute atomic E-state index is 0.101. The van der Waals surface area contributed by atoms with Crippen molar-refractivity contribution in [3.8, 4) is 0 Å². The number of aliphatic hydroxyl groups excluding tert-OH is 1. The number of nitrogens with zero attached hydrogens (tertiary/aromatic N) is 3. The second kappa shape index (κ2) is 11.7. The molecule has 2 aromatic carbocycles. The Morgan fingerprint density at radius 3 is 2.41 bits per heavy atom. The van der Waals surface area contributed by atoms with Crippen molar-refractivity contribution in [3.63, 3.8) is 0 Å². The Kier molecular flexibility index (Phi) is 8.68. The second-order valence-corrected chi connectivity index (χ2v) is 8.41. The fourth-order valence-electron chi connectivity index (χ4n) is 4.05. The Morgan fingerprint density at radius 2 is 1.72 bits per heavy atom. The molecule has 6 heteroatoms. The summed E-state index contributed by atoms with van der Waals surface area (Å²) in [7, 11) is 0. The van der Waals surface area contributed by atoms with Gasteiger partial charge in [-0.05, 0) is 54.9 Å². The average molecular weight is 436 g/mol. The maximum atomic E-state index is 9.46. The summed E-state index contributed by atoms with van der Waals surface area (Å²) in [4.78, 5) is 9.25. The lowest BCUT2D eigenvalue weighted by molar-refractivity contribution is 0.169. The van der Waals surface area contributed by atoms with Crippen LogP contribution >= 0.6 is 0 Å². The van der Waals surface area contributed by atoms with Crippen LogP contribution in [-0.2, 0) is 13.1 Å². The zero-order valence-corrected chi connectivity index (χ0v) is 19.6. The molecule has 0 unspecified atom stereocenters. The highest BCUT2D eigenvalue weighted by molar-refractivity contribution is 5.79. The van der Waals surface area contributed by atoms with Crippen LogP contribution in [0.25, 0.3) is 11.0 Å². The van der Waals surface area contributed by atoms with E-state index >= 15 is 0 Å². The number of hydrogen-bond acceptors (Lipinski definition) is 3. The molecule has 6 nitrogen and oxygen atoms in total. The Morgan fingerprint density at radius 1 is 1.00 bits per heavy atom. The molecule has 172 valence electrons. The second-order valence-electron chi connectivity index (χ2n) is 8.41. The molecule has 0 aliphatic rings. The number of imidazole rings is 1. The summed E-state index contributed by atoms with van der Waals surface area (Å²) in [5.41, 5.74) is 4.69. The molecule has 3 N–H and O–H groups in total. The maximum absolute atomic E-state index is 9.46. The van der Waals surface area contributed by atoms with Crippen LogP contribution in [-0.4, -0.2) is 40.3 Å². The molecule has 0 spiro atoms. The van der Waals surface area contributed by atoms with Gasteiger partial charge in [0.05, 0.1) is 23.9 Å². The van der Waals surface area contributed by atoms with Gasteiger partial charge in [-0.1, -0.05) is 50.2 Å². The van der Waals surface area contributed by atoms with Crippen molar-refractivity contribution >= 4 is 17.0 Å².